The third kappa shape index (κ3) is 1.87. The van der Waals surface area contributed by atoms with Crippen LogP contribution in [0.2, 0.25) is 0 Å². The summed E-state index contributed by atoms with van der Waals surface area (Å²) in [5.74, 6) is 1.04. The van der Waals surface area contributed by atoms with E-state index in [2.05, 4.69) is 22.4 Å². The Bertz CT molecular complexity index is 303. The number of aromatic nitrogens is 1. The van der Waals surface area contributed by atoms with Gasteiger partial charge >= 0.3 is 0 Å². The zero-order valence-corrected chi connectivity index (χ0v) is 8.83. The lowest BCUT2D eigenvalue weighted by Crippen LogP contribution is -2.16. The SMILES string of the molecule is CN(C)c1cccc(C2CCCN2)n1. The maximum atomic E-state index is 4.62. The number of nitrogens with one attached hydrogen (secondary N) is 1. The number of anilines is 1. The fourth-order valence-electron chi connectivity index (χ4n) is 1.82. The lowest BCUT2D eigenvalue weighted by molar-refractivity contribution is 0.627. The van der Waals surface area contributed by atoms with Gasteiger partial charge in [-0.3, -0.25) is 0 Å². The summed E-state index contributed by atoms with van der Waals surface area (Å²) >= 11 is 0. The minimum atomic E-state index is 0.467. The summed E-state index contributed by atoms with van der Waals surface area (Å²) in [6.07, 6.45) is 2.47. The van der Waals surface area contributed by atoms with E-state index in [1.54, 1.807) is 0 Å². The summed E-state index contributed by atoms with van der Waals surface area (Å²) in [4.78, 5) is 6.66. The number of pyridine rings is 1. The Labute approximate surface area is 85.1 Å². The predicted octanol–water partition coefficient (Wildman–Crippen LogP) is 1.57. The highest BCUT2D eigenvalue weighted by molar-refractivity contribution is 5.37. The third-order valence-corrected chi connectivity index (χ3v) is 2.63. The highest BCUT2D eigenvalue weighted by Gasteiger charge is 2.17. The first kappa shape index (κ1) is 9.46. The molecule has 1 atom stereocenters. The van der Waals surface area contributed by atoms with Crippen LogP contribution in [0.3, 0.4) is 0 Å². The molecule has 1 fully saturated rings. The molecule has 3 nitrogen and oxygen atoms in total. The van der Waals surface area contributed by atoms with E-state index >= 15 is 0 Å². The number of hydrogen-bond acceptors (Lipinski definition) is 3. The predicted molar refractivity (Wildman–Crippen MR) is 58.5 cm³/mol. The zero-order valence-electron chi connectivity index (χ0n) is 8.83. The summed E-state index contributed by atoms with van der Waals surface area (Å²) in [5, 5.41) is 3.46. The van der Waals surface area contributed by atoms with Gasteiger partial charge in [-0.1, -0.05) is 6.07 Å². The first-order valence-corrected chi connectivity index (χ1v) is 5.15. The molecule has 14 heavy (non-hydrogen) atoms. The molecule has 2 rings (SSSR count). The van der Waals surface area contributed by atoms with Gasteiger partial charge in [0.25, 0.3) is 0 Å². The molecule has 2 heterocycles. The maximum absolute atomic E-state index is 4.62. The van der Waals surface area contributed by atoms with Crippen molar-refractivity contribution < 1.29 is 0 Å². The Morgan fingerprint density at radius 1 is 1.43 bits per heavy atom. The molecule has 0 aliphatic carbocycles. The second-order valence-electron chi connectivity index (χ2n) is 3.96. The van der Waals surface area contributed by atoms with Crippen LogP contribution in [0.15, 0.2) is 18.2 Å². The fourth-order valence-corrected chi connectivity index (χ4v) is 1.82. The monoisotopic (exact) mass is 191 g/mol. The topological polar surface area (TPSA) is 28.2 Å². The van der Waals surface area contributed by atoms with Crippen molar-refractivity contribution in [1.82, 2.24) is 10.3 Å². The molecule has 1 saturated heterocycles. The molecule has 1 N–H and O–H groups in total. The highest BCUT2D eigenvalue weighted by Crippen LogP contribution is 2.22. The number of rotatable bonds is 2. The quantitative estimate of drug-likeness (QED) is 0.769. The summed E-state index contributed by atoms with van der Waals surface area (Å²) in [5.41, 5.74) is 1.17. The van der Waals surface area contributed by atoms with E-state index in [-0.39, 0.29) is 0 Å². The number of hydrogen-bond donors (Lipinski definition) is 1. The molecular weight excluding hydrogens is 174 g/mol. The Kier molecular flexibility index (Phi) is 2.68. The second-order valence-corrected chi connectivity index (χ2v) is 3.96. The Balaban J connectivity index is 2.21. The fraction of sp³-hybridized carbons (Fsp3) is 0.545. The summed E-state index contributed by atoms with van der Waals surface area (Å²) in [6.45, 7) is 1.12. The van der Waals surface area contributed by atoms with E-state index in [1.807, 2.05) is 25.1 Å². The molecule has 1 aliphatic rings. The van der Waals surface area contributed by atoms with Gasteiger partial charge < -0.3 is 10.2 Å². The standard InChI is InChI=1S/C11H17N3/c1-14(2)11-7-3-5-10(13-11)9-6-4-8-12-9/h3,5,7,9,12H,4,6,8H2,1-2H3. The van der Waals surface area contributed by atoms with E-state index in [0.29, 0.717) is 6.04 Å². The number of nitrogens with zero attached hydrogens (tertiary/aromatic N) is 2. The van der Waals surface area contributed by atoms with Crippen molar-refractivity contribution in [1.29, 1.82) is 0 Å². The van der Waals surface area contributed by atoms with E-state index in [4.69, 9.17) is 0 Å². The summed E-state index contributed by atoms with van der Waals surface area (Å²) in [6, 6.07) is 6.70. The van der Waals surface area contributed by atoms with Crippen molar-refractivity contribution in [3.05, 3.63) is 23.9 Å². The van der Waals surface area contributed by atoms with Crippen LogP contribution < -0.4 is 10.2 Å². The molecule has 0 amide bonds. The van der Waals surface area contributed by atoms with E-state index in [9.17, 15) is 0 Å². The van der Waals surface area contributed by atoms with Crippen LogP contribution >= 0.6 is 0 Å². The molecule has 0 radical (unpaired) electrons. The van der Waals surface area contributed by atoms with Crippen molar-refractivity contribution in [3.63, 3.8) is 0 Å². The normalized spacial score (nSPS) is 21.1. The van der Waals surface area contributed by atoms with Crippen molar-refractivity contribution >= 4 is 5.82 Å². The lowest BCUT2D eigenvalue weighted by atomic mass is 10.1. The first-order chi connectivity index (χ1) is 6.77. The van der Waals surface area contributed by atoms with Crippen LogP contribution in [0, 0.1) is 0 Å². The van der Waals surface area contributed by atoms with Crippen LogP contribution in [0.25, 0.3) is 0 Å². The Morgan fingerprint density at radius 3 is 2.93 bits per heavy atom. The molecular formula is C11H17N3. The van der Waals surface area contributed by atoms with Gasteiger partial charge in [0.15, 0.2) is 0 Å². The average Bonchev–Trinajstić information content (AvgIpc) is 2.71. The summed E-state index contributed by atoms with van der Waals surface area (Å²) in [7, 11) is 4.04. The Morgan fingerprint density at radius 2 is 2.29 bits per heavy atom. The molecule has 1 unspecified atom stereocenters. The molecule has 0 spiro atoms. The first-order valence-electron chi connectivity index (χ1n) is 5.15. The van der Waals surface area contributed by atoms with Gasteiger partial charge in [-0.15, -0.1) is 0 Å². The average molecular weight is 191 g/mol. The molecule has 0 aromatic carbocycles. The largest absolute Gasteiger partial charge is 0.363 e. The maximum Gasteiger partial charge on any atom is 0.128 e. The lowest BCUT2D eigenvalue weighted by Gasteiger charge is -2.15. The molecule has 0 saturated carbocycles. The molecule has 0 bridgehead atoms. The van der Waals surface area contributed by atoms with Gasteiger partial charge in [0.1, 0.15) is 5.82 Å². The second kappa shape index (κ2) is 3.96. The van der Waals surface area contributed by atoms with Gasteiger partial charge in [0.2, 0.25) is 0 Å². The smallest absolute Gasteiger partial charge is 0.128 e. The molecule has 1 aliphatic heterocycles. The Hall–Kier alpha value is -1.09. The zero-order chi connectivity index (χ0) is 9.97. The van der Waals surface area contributed by atoms with Crippen LogP contribution in [0.4, 0.5) is 5.82 Å². The molecule has 3 heteroatoms. The van der Waals surface area contributed by atoms with E-state index in [1.165, 1.54) is 18.5 Å². The van der Waals surface area contributed by atoms with Gasteiger partial charge in [-0.2, -0.15) is 0 Å². The van der Waals surface area contributed by atoms with Gasteiger partial charge in [0, 0.05) is 20.1 Å². The van der Waals surface area contributed by atoms with Crippen molar-refractivity contribution in [2.75, 3.05) is 25.5 Å². The van der Waals surface area contributed by atoms with Crippen molar-refractivity contribution in [2.45, 2.75) is 18.9 Å². The van der Waals surface area contributed by atoms with Crippen molar-refractivity contribution in [2.24, 2.45) is 0 Å². The van der Waals surface area contributed by atoms with Crippen molar-refractivity contribution in [3.8, 4) is 0 Å². The molecule has 1 aromatic heterocycles. The van der Waals surface area contributed by atoms with Gasteiger partial charge in [-0.05, 0) is 31.5 Å². The van der Waals surface area contributed by atoms with Gasteiger partial charge in [-0.25, -0.2) is 4.98 Å². The molecule has 76 valence electrons. The van der Waals surface area contributed by atoms with Crippen LogP contribution in [0.5, 0.6) is 0 Å². The van der Waals surface area contributed by atoms with Crippen LogP contribution in [-0.2, 0) is 0 Å². The highest BCUT2D eigenvalue weighted by atomic mass is 15.1. The van der Waals surface area contributed by atoms with Gasteiger partial charge in [0.05, 0.1) is 5.69 Å². The van der Waals surface area contributed by atoms with Crippen LogP contribution in [0.1, 0.15) is 24.6 Å². The van der Waals surface area contributed by atoms with E-state index < -0.39 is 0 Å². The summed E-state index contributed by atoms with van der Waals surface area (Å²) < 4.78 is 0. The molecule has 1 aromatic rings. The minimum absolute atomic E-state index is 0.467. The minimum Gasteiger partial charge on any atom is -0.363 e. The third-order valence-electron chi connectivity index (χ3n) is 2.63. The van der Waals surface area contributed by atoms with E-state index in [0.717, 1.165) is 12.4 Å². The van der Waals surface area contributed by atoms with Crippen LogP contribution in [-0.4, -0.2) is 25.6 Å².